The van der Waals surface area contributed by atoms with Crippen LogP contribution in [0, 0.1) is 0 Å². The van der Waals surface area contributed by atoms with Crippen LogP contribution in [0.3, 0.4) is 0 Å². The number of rotatable bonds is 1. The first kappa shape index (κ1) is 8.84. The van der Waals surface area contributed by atoms with E-state index in [2.05, 4.69) is 15.3 Å². The third kappa shape index (κ3) is 1.30. The second-order valence-electron chi connectivity index (χ2n) is 3.44. The van der Waals surface area contributed by atoms with Gasteiger partial charge in [-0.2, -0.15) is 4.68 Å². The zero-order chi connectivity index (χ0) is 11.0. The Kier molecular flexibility index (Phi) is 1.83. The van der Waals surface area contributed by atoms with E-state index in [1.165, 1.54) is 0 Å². The molecule has 0 aliphatic heterocycles. The Bertz CT molecular complexity index is 626. The second-order valence-corrected chi connectivity index (χ2v) is 3.44. The Morgan fingerprint density at radius 1 is 1.06 bits per heavy atom. The van der Waals surface area contributed by atoms with Gasteiger partial charge >= 0.3 is 0 Å². The first-order valence-electron chi connectivity index (χ1n) is 4.87. The zero-order valence-corrected chi connectivity index (χ0v) is 8.41. The van der Waals surface area contributed by atoms with Crippen molar-refractivity contribution in [3.63, 3.8) is 0 Å². The van der Waals surface area contributed by atoms with Crippen molar-refractivity contribution >= 4 is 16.9 Å². The average Bonchev–Trinajstić information content (AvgIpc) is 2.74. The summed E-state index contributed by atoms with van der Waals surface area (Å²) in [7, 11) is 0. The van der Waals surface area contributed by atoms with Crippen molar-refractivity contribution in [1.82, 2.24) is 20.0 Å². The van der Waals surface area contributed by atoms with Crippen LogP contribution in [0.15, 0.2) is 42.6 Å². The number of anilines is 1. The molecule has 2 aromatic heterocycles. The second kappa shape index (κ2) is 3.30. The van der Waals surface area contributed by atoms with Crippen molar-refractivity contribution in [2.45, 2.75) is 0 Å². The molecule has 1 aromatic carbocycles. The van der Waals surface area contributed by atoms with Crippen molar-refractivity contribution in [2.24, 2.45) is 0 Å². The van der Waals surface area contributed by atoms with Crippen molar-refractivity contribution in [3.8, 4) is 5.69 Å². The molecule has 0 bridgehead atoms. The summed E-state index contributed by atoms with van der Waals surface area (Å²) in [4.78, 5) is 4.25. The lowest BCUT2D eigenvalue weighted by Gasteiger charge is -2.01. The Hall–Kier alpha value is -2.43. The molecule has 0 aliphatic rings. The minimum atomic E-state index is 0.723. The maximum Gasteiger partial charge on any atom is 0.183 e. The molecule has 0 fully saturated rings. The fourth-order valence-electron chi connectivity index (χ4n) is 1.55. The van der Waals surface area contributed by atoms with Crippen LogP contribution in [-0.4, -0.2) is 20.0 Å². The lowest BCUT2D eigenvalue weighted by molar-refractivity contribution is 0.817. The molecule has 0 saturated carbocycles. The van der Waals surface area contributed by atoms with E-state index in [-0.39, 0.29) is 0 Å². The summed E-state index contributed by atoms with van der Waals surface area (Å²) in [6, 6.07) is 11.1. The van der Waals surface area contributed by atoms with E-state index in [1.807, 2.05) is 36.4 Å². The molecular weight excluding hydrogens is 202 g/mol. The van der Waals surface area contributed by atoms with Crippen LogP contribution in [0.4, 0.5) is 5.69 Å². The minimum Gasteiger partial charge on any atom is -0.399 e. The van der Waals surface area contributed by atoms with Gasteiger partial charge in [-0.25, -0.2) is 4.98 Å². The molecule has 2 heterocycles. The smallest absolute Gasteiger partial charge is 0.183 e. The predicted octanol–water partition coefficient (Wildman–Crippen LogP) is 1.40. The van der Waals surface area contributed by atoms with E-state index in [0.29, 0.717) is 0 Å². The summed E-state index contributed by atoms with van der Waals surface area (Å²) in [6.45, 7) is 0. The number of nitrogens with two attached hydrogens (primary N) is 1. The molecular formula is C11H9N5. The highest BCUT2D eigenvalue weighted by molar-refractivity contribution is 5.71. The van der Waals surface area contributed by atoms with Gasteiger partial charge in [0.05, 0.1) is 5.69 Å². The molecule has 5 heteroatoms. The van der Waals surface area contributed by atoms with Crippen LogP contribution in [0.1, 0.15) is 0 Å². The maximum absolute atomic E-state index is 5.63. The lowest BCUT2D eigenvalue weighted by atomic mass is 10.3. The lowest BCUT2D eigenvalue weighted by Crippen LogP contribution is -1.97. The Labute approximate surface area is 91.5 Å². The molecule has 2 N–H and O–H groups in total. The molecule has 0 amide bonds. The molecule has 0 atom stereocenters. The highest BCUT2D eigenvalue weighted by Crippen LogP contribution is 2.14. The summed E-state index contributed by atoms with van der Waals surface area (Å²) in [6.07, 6.45) is 1.72. The third-order valence-electron chi connectivity index (χ3n) is 2.35. The van der Waals surface area contributed by atoms with Gasteiger partial charge in [-0.3, -0.25) is 0 Å². The van der Waals surface area contributed by atoms with Crippen LogP contribution >= 0.6 is 0 Å². The number of hydrogen-bond donors (Lipinski definition) is 1. The number of nitrogen functional groups attached to an aromatic ring is 1. The van der Waals surface area contributed by atoms with Gasteiger partial charge in [0.25, 0.3) is 0 Å². The van der Waals surface area contributed by atoms with Crippen LogP contribution in [0.5, 0.6) is 0 Å². The first-order valence-corrected chi connectivity index (χ1v) is 4.87. The standard InChI is InChI=1S/C11H9N5/c12-8-3-5-9(6-4-8)16-11-10(14-15-16)2-1-7-13-11/h1-7H,12H2. The van der Waals surface area contributed by atoms with Gasteiger partial charge in [-0.1, -0.05) is 5.21 Å². The number of benzene rings is 1. The van der Waals surface area contributed by atoms with Crippen LogP contribution in [0.2, 0.25) is 0 Å². The third-order valence-corrected chi connectivity index (χ3v) is 2.35. The van der Waals surface area contributed by atoms with E-state index in [4.69, 9.17) is 5.73 Å². The van der Waals surface area contributed by atoms with Crippen molar-refractivity contribution in [1.29, 1.82) is 0 Å². The Morgan fingerprint density at radius 2 is 1.88 bits per heavy atom. The van der Waals surface area contributed by atoms with Crippen LogP contribution in [-0.2, 0) is 0 Å². The largest absolute Gasteiger partial charge is 0.399 e. The van der Waals surface area contributed by atoms with E-state index in [0.717, 1.165) is 22.5 Å². The van der Waals surface area contributed by atoms with Crippen molar-refractivity contribution in [2.75, 3.05) is 5.73 Å². The number of nitrogens with zero attached hydrogens (tertiary/aromatic N) is 4. The minimum absolute atomic E-state index is 0.723. The quantitative estimate of drug-likeness (QED) is 0.617. The molecule has 3 rings (SSSR count). The van der Waals surface area contributed by atoms with Crippen LogP contribution in [0.25, 0.3) is 16.9 Å². The maximum atomic E-state index is 5.63. The molecule has 0 aliphatic carbocycles. The highest BCUT2D eigenvalue weighted by atomic mass is 15.4. The number of aromatic nitrogens is 4. The molecule has 0 unspecified atom stereocenters. The fraction of sp³-hybridized carbons (Fsp3) is 0. The van der Waals surface area contributed by atoms with Gasteiger partial charge in [0, 0.05) is 11.9 Å². The average molecular weight is 211 g/mol. The van der Waals surface area contributed by atoms with Gasteiger partial charge in [0.1, 0.15) is 5.52 Å². The van der Waals surface area contributed by atoms with Crippen LogP contribution < -0.4 is 5.73 Å². The van der Waals surface area contributed by atoms with Gasteiger partial charge in [-0.05, 0) is 36.4 Å². The fourth-order valence-corrected chi connectivity index (χ4v) is 1.55. The number of fused-ring (bicyclic) bond motifs is 1. The monoisotopic (exact) mass is 211 g/mol. The Balaban J connectivity index is 2.22. The van der Waals surface area contributed by atoms with E-state index >= 15 is 0 Å². The Morgan fingerprint density at radius 3 is 2.69 bits per heavy atom. The molecule has 78 valence electrons. The van der Waals surface area contributed by atoms with Gasteiger partial charge in [0.2, 0.25) is 0 Å². The SMILES string of the molecule is Nc1ccc(-n2nnc3cccnc32)cc1. The summed E-state index contributed by atoms with van der Waals surface area (Å²) in [5, 5.41) is 8.10. The molecule has 0 radical (unpaired) electrons. The molecule has 5 nitrogen and oxygen atoms in total. The van der Waals surface area contributed by atoms with Crippen molar-refractivity contribution in [3.05, 3.63) is 42.6 Å². The molecule has 3 aromatic rings. The summed E-state index contributed by atoms with van der Waals surface area (Å²) in [5.41, 5.74) is 8.77. The van der Waals surface area contributed by atoms with E-state index in [1.54, 1.807) is 10.9 Å². The summed E-state index contributed by atoms with van der Waals surface area (Å²) in [5.74, 6) is 0. The molecule has 0 saturated heterocycles. The predicted molar refractivity (Wildman–Crippen MR) is 61.1 cm³/mol. The molecule has 16 heavy (non-hydrogen) atoms. The van der Waals surface area contributed by atoms with Crippen molar-refractivity contribution < 1.29 is 0 Å². The summed E-state index contributed by atoms with van der Waals surface area (Å²) >= 11 is 0. The topological polar surface area (TPSA) is 69.6 Å². The van der Waals surface area contributed by atoms with Gasteiger partial charge < -0.3 is 5.73 Å². The first-order chi connectivity index (χ1) is 7.84. The number of hydrogen-bond acceptors (Lipinski definition) is 4. The number of pyridine rings is 1. The zero-order valence-electron chi connectivity index (χ0n) is 8.41. The van der Waals surface area contributed by atoms with Gasteiger partial charge in [-0.15, -0.1) is 5.10 Å². The van der Waals surface area contributed by atoms with E-state index < -0.39 is 0 Å². The van der Waals surface area contributed by atoms with Gasteiger partial charge in [0.15, 0.2) is 5.65 Å². The highest BCUT2D eigenvalue weighted by Gasteiger charge is 2.05. The summed E-state index contributed by atoms with van der Waals surface area (Å²) < 4.78 is 1.69. The normalized spacial score (nSPS) is 10.8. The molecule has 0 spiro atoms. The van der Waals surface area contributed by atoms with E-state index in [9.17, 15) is 0 Å².